The summed E-state index contributed by atoms with van der Waals surface area (Å²) in [4.78, 5) is 27.3. The molecule has 8 nitrogen and oxygen atoms in total. The maximum atomic E-state index is 13.3. The van der Waals surface area contributed by atoms with Gasteiger partial charge in [0.15, 0.2) is 17.5 Å². The second-order valence-electron chi connectivity index (χ2n) is 16.3. The van der Waals surface area contributed by atoms with Gasteiger partial charge in [0.1, 0.15) is 17.2 Å². The molecule has 2 N–H and O–H groups in total. The molecular formula is C50H75N3O5. The number of nitrogens with zero attached hydrogens (tertiary/aromatic N) is 3. The zero-order valence-corrected chi connectivity index (χ0v) is 37.7. The van der Waals surface area contributed by atoms with Gasteiger partial charge in [0.05, 0.1) is 30.4 Å². The van der Waals surface area contributed by atoms with E-state index in [1.807, 2.05) is 13.8 Å². The van der Waals surface area contributed by atoms with Crippen LogP contribution in [0, 0.1) is 29.6 Å². The number of hydrogen-bond acceptors (Lipinski definition) is 8. The zero-order valence-electron chi connectivity index (χ0n) is 37.7. The van der Waals surface area contributed by atoms with Gasteiger partial charge in [0, 0.05) is 11.6 Å². The van der Waals surface area contributed by atoms with E-state index in [2.05, 4.69) is 70.3 Å². The molecule has 0 fully saturated rings. The summed E-state index contributed by atoms with van der Waals surface area (Å²) in [6, 6.07) is 18.7. The number of phenolic OH excluding ortho intramolecular Hbond substituents is 2. The molecule has 0 saturated carbocycles. The van der Waals surface area contributed by atoms with Crippen LogP contribution in [0.1, 0.15) is 150 Å². The lowest BCUT2D eigenvalue weighted by Gasteiger charge is -2.25. The Kier molecular flexibility index (Phi) is 23.4. The first-order chi connectivity index (χ1) is 27.9. The first kappa shape index (κ1) is 49.7. The molecule has 3 aromatic carbocycles. The Bertz CT molecular complexity index is 1740. The first-order valence-corrected chi connectivity index (χ1v) is 22.1. The Hall–Kier alpha value is -4.46. The Morgan fingerprint density at radius 3 is 1.74 bits per heavy atom. The van der Waals surface area contributed by atoms with Gasteiger partial charge in [0.2, 0.25) is 0 Å². The van der Waals surface area contributed by atoms with E-state index in [9.17, 15) is 15.0 Å². The van der Waals surface area contributed by atoms with Crippen molar-refractivity contribution in [1.29, 1.82) is 0 Å². The van der Waals surface area contributed by atoms with E-state index >= 15 is 0 Å². The molecule has 0 aliphatic rings. The highest BCUT2D eigenvalue weighted by Gasteiger charge is 2.22. The number of rotatable bonds is 21. The van der Waals surface area contributed by atoms with Gasteiger partial charge in [-0.2, -0.15) is 0 Å². The second-order valence-corrected chi connectivity index (χ2v) is 16.3. The van der Waals surface area contributed by atoms with Crippen molar-refractivity contribution in [3.8, 4) is 51.4 Å². The summed E-state index contributed by atoms with van der Waals surface area (Å²) >= 11 is 0. The van der Waals surface area contributed by atoms with Crippen LogP contribution in [-0.2, 0) is 4.74 Å². The molecule has 0 aliphatic carbocycles. The van der Waals surface area contributed by atoms with Crippen LogP contribution in [0.2, 0.25) is 0 Å². The highest BCUT2D eigenvalue weighted by molar-refractivity contribution is 5.90. The highest BCUT2D eigenvalue weighted by atomic mass is 16.5. The van der Waals surface area contributed by atoms with E-state index in [1.165, 1.54) is 64.5 Å². The number of carbonyl (C=O) groups is 1. The van der Waals surface area contributed by atoms with E-state index < -0.39 is 0 Å². The van der Waals surface area contributed by atoms with Gasteiger partial charge in [-0.05, 0) is 72.4 Å². The predicted molar refractivity (Wildman–Crippen MR) is 241 cm³/mol. The summed E-state index contributed by atoms with van der Waals surface area (Å²) < 4.78 is 11.2. The number of carbonyl (C=O) groups excluding carboxylic acids is 1. The molecule has 58 heavy (non-hydrogen) atoms. The lowest BCUT2D eigenvalue weighted by atomic mass is 9.83. The first-order valence-electron chi connectivity index (χ1n) is 22.1. The van der Waals surface area contributed by atoms with Crippen molar-refractivity contribution >= 4 is 5.97 Å². The van der Waals surface area contributed by atoms with Gasteiger partial charge in [-0.25, -0.2) is 19.7 Å². The Morgan fingerprint density at radius 2 is 1.21 bits per heavy atom. The fourth-order valence-corrected chi connectivity index (χ4v) is 6.74. The zero-order chi connectivity index (χ0) is 43.0. The van der Waals surface area contributed by atoms with E-state index in [1.54, 1.807) is 60.7 Å². The van der Waals surface area contributed by atoms with Crippen LogP contribution in [-0.4, -0.2) is 44.9 Å². The predicted octanol–water partition coefficient (Wildman–Crippen LogP) is 14.0. The van der Waals surface area contributed by atoms with Gasteiger partial charge >= 0.3 is 5.97 Å². The minimum Gasteiger partial charge on any atom is -0.507 e. The SMILES string of the molecule is CC.CCCCC.COc1ccc(-c2nc(-c3ccc(C(=O)OCC(CCC(C)CCCC(C)C)C(C)CCCC(C)C)cc3)nc(-c3ccccc3O)n2)c(O)c1. The minimum atomic E-state index is -0.347. The molecule has 1 aromatic heterocycles. The molecule has 0 radical (unpaired) electrons. The van der Waals surface area contributed by atoms with Crippen LogP contribution in [0.5, 0.6) is 17.2 Å². The Labute approximate surface area is 351 Å². The van der Waals surface area contributed by atoms with Gasteiger partial charge in [-0.3, -0.25) is 0 Å². The molecule has 4 aromatic rings. The van der Waals surface area contributed by atoms with E-state index in [4.69, 9.17) is 9.47 Å². The topological polar surface area (TPSA) is 115 Å². The summed E-state index contributed by atoms with van der Waals surface area (Å²) in [6.07, 6.45) is 13.6. The van der Waals surface area contributed by atoms with Crippen LogP contribution < -0.4 is 4.74 Å². The third kappa shape index (κ3) is 17.2. The Morgan fingerprint density at radius 1 is 0.638 bits per heavy atom. The van der Waals surface area contributed by atoms with E-state index in [0.717, 1.165) is 25.2 Å². The van der Waals surface area contributed by atoms with Crippen LogP contribution in [0.3, 0.4) is 0 Å². The third-order valence-corrected chi connectivity index (χ3v) is 10.5. The van der Waals surface area contributed by atoms with Gasteiger partial charge < -0.3 is 19.7 Å². The summed E-state index contributed by atoms with van der Waals surface area (Å²) in [5.74, 6) is 3.79. The molecule has 1 heterocycles. The number of unbranched alkanes of at least 4 members (excludes halogenated alkanes) is 2. The number of benzene rings is 3. The van der Waals surface area contributed by atoms with Gasteiger partial charge in [-0.15, -0.1) is 0 Å². The molecule has 0 bridgehead atoms. The number of hydrogen-bond donors (Lipinski definition) is 2. The molecule has 0 saturated heterocycles. The molecule has 4 rings (SSSR count). The summed E-state index contributed by atoms with van der Waals surface area (Å²) in [6.45, 7) is 22.6. The summed E-state index contributed by atoms with van der Waals surface area (Å²) in [7, 11) is 1.52. The average Bonchev–Trinajstić information content (AvgIpc) is 3.21. The maximum absolute atomic E-state index is 13.3. The number of esters is 1. The molecular weight excluding hydrogens is 723 g/mol. The third-order valence-electron chi connectivity index (χ3n) is 10.5. The lowest BCUT2D eigenvalue weighted by Crippen LogP contribution is -2.21. The lowest BCUT2D eigenvalue weighted by molar-refractivity contribution is 0.0375. The molecule has 320 valence electrons. The van der Waals surface area contributed by atoms with Crippen molar-refractivity contribution < 1.29 is 24.5 Å². The largest absolute Gasteiger partial charge is 0.507 e. The summed E-state index contributed by atoms with van der Waals surface area (Å²) in [5.41, 5.74) is 1.90. The van der Waals surface area contributed by atoms with Crippen molar-refractivity contribution in [1.82, 2.24) is 15.0 Å². The maximum Gasteiger partial charge on any atom is 0.338 e. The quantitative estimate of drug-likeness (QED) is 0.0801. The van der Waals surface area contributed by atoms with Crippen molar-refractivity contribution in [3.63, 3.8) is 0 Å². The molecule has 3 atom stereocenters. The van der Waals surface area contributed by atoms with Crippen molar-refractivity contribution in [3.05, 3.63) is 72.3 Å². The van der Waals surface area contributed by atoms with Crippen LogP contribution >= 0.6 is 0 Å². The van der Waals surface area contributed by atoms with Crippen LogP contribution in [0.4, 0.5) is 0 Å². The molecule has 0 amide bonds. The normalized spacial score (nSPS) is 12.5. The molecule has 0 aliphatic heterocycles. The van der Waals surface area contributed by atoms with Crippen molar-refractivity contribution in [2.45, 2.75) is 140 Å². The fraction of sp³-hybridized carbons (Fsp3) is 0.560. The minimum absolute atomic E-state index is 0.0192. The van der Waals surface area contributed by atoms with Crippen LogP contribution in [0.15, 0.2) is 66.7 Å². The van der Waals surface area contributed by atoms with Crippen molar-refractivity contribution in [2.75, 3.05) is 13.7 Å². The smallest absolute Gasteiger partial charge is 0.338 e. The monoisotopic (exact) mass is 798 g/mol. The number of aromatic nitrogens is 3. The summed E-state index contributed by atoms with van der Waals surface area (Å²) in [5, 5.41) is 21.4. The van der Waals surface area contributed by atoms with Crippen molar-refractivity contribution in [2.24, 2.45) is 29.6 Å². The second kappa shape index (κ2) is 27.3. The standard InChI is InChI=1S/C43H57N3O5.C5H12.C2H6/c1-28(2)12-10-14-30(5)18-19-34(31(6)15-11-13-29(3)4)27-51-43(49)33-22-20-32(21-23-33)40-44-41(36-16-8-9-17-38(36)47)46-42(45-40)37-25-24-35(50-7)26-39(37)48;1-3-5-4-2;1-2/h8-9,16-17,20-26,28-31,34,47-48H,10-15,18-19,27H2,1-7H3;3-5H2,1-2H3;1-2H3. The van der Waals surface area contributed by atoms with Gasteiger partial charge in [0.25, 0.3) is 0 Å². The number of methoxy groups -OCH3 is 1. The van der Waals surface area contributed by atoms with E-state index in [-0.39, 0.29) is 29.1 Å². The van der Waals surface area contributed by atoms with E-state index in [0.29, 0.717) is 64.1 Å². The number of phenols is 2. The number of aromatic hydroxyl groups is 2. The number of ether oxygens (including phenoxy) is 2. The average molecular weight is 798 g/mol. The van der Waals surface area contributed by atoms with Gasteiger partial charge in [-0.1, -0.05) is 158 Å². The Balaban J connectivity index is 0.00000154. The fourth-order valence-electron chi connectivity index (χ4n) is 6.74. The molecule has 3 unspecified atom stereocenters. The highest BCUT2D eigenvalue weighted by Crippen LogP contribution is 2.34. The molecule has 8 heteroatoms. The molecule has 0 spiro atoms. The van der Waals surface area contributed by atoms with Crippen LogP contribution in [0.25, 0.3) is 34.2 Å². The number of para-hydroxylation sites is 1.